The third-order valence-electron chi connectivity index (χ3n) is 17.3. The van der Waals surface area contributed by atoms with Crippen LogP contribution in [0.4, 0.5) is 0 Å². The van der Waals surface area contributed by atoms with Crippen LogP contribution in [0.25, 0.3) is 0 Å². The maximum Gasteiger partial charge on any atom is 0.305 e. The molecule has 0 spiro atoms. The summed E-state index contributed by atoms with van der Waals surface area (Å²) in [7, 11) is 0. The summed E-state index contributed by atoms with van der Waals surface area (Å²) in [5.41, 5.74) is -0.740. The second-order valence-corrected chi connectivity index (χ2v) is 25.2. The third kappa shape index (κ3) is 59.0. The molecule has 0 fully saturated rings. The Balaban J connectivity index is 4.47. The van der Waals surface area contributed by atoms with Crippen LogP contribution in [0.5, 0.6) is 0 Å². The molecule has 0 unspecified atom stereocenters. The highest BCUT2D eigenvalue weighted by Crippen LogP contribution is 2.26. The van der Waals surface area contributed by atoms with Crippen LogP contribution < -0.4 is 0 Å². The minimum atomic E-state index is -0.740. The Morgan fingerprint density at radius 1 is 0.205 bits per heavy atom. The summed E-state index contributed by atoms with van der Waals surface area (Å²) in [4.78, 5) is 39.1. The van der Waals surface area contributed by atoms with Crippen LogP contribution in [0.3, 0.4) is 0 Å². The van der Waals surface area contributed by atoms with E-state index in [1.807, 2.05) is 6.92 Å². The Morgan fingerprint density at radius 2 is 0.333 bits per heavy atom. The summed E-state index contributed by atoms with van der Waals surface area (Å²) >= 11 is 0. The molecule has 0 amide bonds. The second kappa shape index (κ2) is 64.6. The molecule has 0 saturated carbocycles. The monoisotopic (exact) mass is 1100 g/mol. The van der Waals surface area contributed by atoms with Crippen molar-refractivity contribution in [2.45, 2.75) is 419 Å². The maximum absolute atomic E-state index is 13.0. The zero-order chi connectivity index (χ0) is 56.6. The van der Waals surface area contributed by atoms with Gasteiger partial charge >= 0.3 is 17.9 Å². The molecule has 6 nitrogen and oxygen atoms in total. The van der Waals surface area contributed by atoms with Crippen molar-refractivity contribution < 1.29 is 28.6 Å². The number of esters is 3. The molecular weight excluding hydrogens is 961 g/mol. The Bertz CT molecular complexity index is 1060. The molecule has 0 aromatic heterocycles. The molecule has 6 heteroatoms. The molecule has 0 saturated heterocycles. The van der Waals surface area contributed by atoms with Gasteiger partial charge in [0.1, 0.15) is 19.8 Å². The SMILES string of the molecule is CCCCCCCCCCCCCCCCCCCCCC(=O)OCC(CC)(COC(=O)CCCCCCCCCCCCCCCCCCCCC)COC(=O)CCCCCCCCCCCCCCCCCCCCC. The van der Waals surface area contributed by atoms with E-state index in [1.165, 1.54) is 308 Å². The average molecular weight is 1100 g/mol. The first-order chi connectivity index (χ1) is 38.4. The minimum absolute atomic E-state index is 0.0977. The normalized spacial score (nSPS) is 11.7. The summed E-state index contributed by atoms with van der Waals surface area (Å²) in [5, 5.41) is 0. The van der Waals surface area contributed by atoms with Crippen LogP contribution in [-0.2, 0) is 28.6 Å². The molecule has 0 atom stereocenters. The lowest BCUT2D eigenvalue weighted by Crippen LogP contribution is -2.39. The van der Waals surface area contributed by atoms with Crippen molar-refractivity contribution in [3.63, 3.8) is 0 Å². The highest BCUT2D eigenvalue weighted by Gasteiger charge is 2.34. The fraction of sp³-hybridized carbons (Fsp3) is 0.958. The molecule has 464 valence electrons. The molecule has 78 heavy (non-hydrogen) atoms. The van der Waals surface area contributed by atoms with Crippen LogP contribution in [0, 0.1) is 5.41 Å². The molecule has 0 bridgehead atoms. The van der Waals surface area contributed by atoms with Gasteiger partial charge in [-0.15, -0.1) is 0 Å². The van der Waals surface area contributed by atoms with E-state index in [4.69, 9.17) is 14.2 Å². The van der Waals surface area contributed by atoms with Crippen molar-refractivity contribution in [2.24, 2.45) is 5.41 Å². The van der Waals surface area contributed by atoms with Gasteiger partial charge in [-0.2, -0.15) is 0 Å². The molecule has 0 aliphatic carbocycles. The number of carbonyl (C=O) groups is 3. The molecule has 0 aliphatic heterocycles. The van der Waals surface area contributed by atoms with E-state index in [2.05, 4.69) is 20.8 Å². The number of unbranched alkanes of at least 4 members (excludes halogenated alkanes) is 54. The summed E-state index contributed by atoms with van der Waals surface area (Å²) in [5.74, 6) is -0.623. The molecule has 0 N–H and O–H groups in total. The van der Waals surface area contributed by atoms with Crippen LogP contribution in [0.1, 0.15) is 419 Å². The largest absolute Gasteiger partial charge is 0.465 e. The lowest BCUT2D eigenvalue weighted by atomic mass is 9.88. The quantitative estimate of drug-likeness (QED) is 0.0343. The van der Waals surface area contributed by atoms with Gasteiger partial charge in [0, 0.05) is 19.3 Å². The molecule has 0 heterocycles. The van der Waals surface area contributed by atoms with E-state index < -0.39 is 5.41 Å². The van der Waals surface area contributed by atoms with Crippen molar-refractivity contribution >= 4 is 17.9 Å². The Morgan fingerprint density at radius 3 is 0.462 bits per heavy atom. The molecule has 0 aliphatic rings. The summed E-state index contributed by atoms with van der Waals surface area (Å²) in [6.45, 7) is 9.18. The highest BCUT2D eigenvalue weighted by atomic mass is 16.6. The first-order valence-corrected chi connectivity index (χ1v) is 35.9. The minimum Gasteiger partial charge on any atom is -0.465 e. The van der Waals surface area contributed by atoms with Gasteiger partial charge < -0.3 is 14.2 Å². The number of carbonyl (C=O) groups excluding carboxylic acids is 3. The fourth-order valence-electron chi connectivity index (χ4n) is 11.4. The van der Waals surface area contributed by atoms with Gasteiger partial charge in [0.2, 0.25) is 0 Å². The first kappa shape index (κ1) is 76.4. The lowest BCUT2D eigenvalue weighted by molar-refractivity contribution is -0.162. The summed E-state index contributed by atoms with van der Waals surface area (Å²) in [6.07, 6.45) is 77.2. The standard InChI is InChI=1S/C72H140O6/c1-5-9-12-15-18-21-24-27-30-33-36-39-42-45-48-51-54-57-60-63-69(73)76-66-72(8-4,67-77-70(74)64-61-58-55-52-49-46-43-40-37-34-31-28-25-22-19-16-13-10-6-2)68-78-71(75)65-62-59-56-53-50-47-44-41-38-35-32-29-26-23-20-17-14-11-7-3/h5-68H2,1-4H3. The Kier molecular flexibility index (Phi) is 63.3. The third-order valence-corrected chi connectivity index (χ3v) is 17.3. The smallest absolute Gasteiger partial charge is 0.305 e. The molecule has 0 aromatic rings. The van der Waals surface area contributed by atoms with Crippen LogP contribution >= 0.6 is 0 Å². The summed E-state index contributed by atoms with van der Waals surface area (Å²) < 4.78 is 17.7. The summed E-state index contributed by atoms with van der Waals surface area (Å²) in [6, 6.07) is 0. The van der Waals surface area contributed by atoms with Gasteiger partial charge in [0.15, 0.2) is 0 Å². The van der Waals surface area contributed by atoms with E-state index in [0.717, 1.165) is 57.8 Å². The molecule has 0 aromatic carbocycles. The van der Waals surface area contributed by atoms with Crippen LogP contribution in [0.15, 0.2) is 0 Å². The molecular formula is C72H140O6. The number of ether oxygens (including phenoxy) is 3. The van der Waals surface area contributed by atoms with Crippen molar-refractivity contribution in [3.8, 4) is 0 Å². The zero-order valence-corrected chi connectivity index (χ0v) is 53.7. The van der Waals surface area contributed by atoms with E-state index in [0.29, 0.717) is 25.7 Å². The predicted molar refractivity (Wildman–Crippen MR) is 340 cm³/mol. The van der Waals surface area contributed by atoms with E-state index in [9.17, 15) is 14.4 Å². The highest BCUT2D eigenvalue weighted by molar-refractivity contribution is 5.70. The van der Waals surface area contributed by atoms with Gasteiger partial charge in [-0.25, -0.2) is 0 Å². The topological polar surface area (TPSA) is 78.9 Å². The maximum atomic E-state index is 13.0. The van der Waals surface area contributed by atoms with Gasteiger partial charge in [-0.1, -0.05) is 374 Å². The average Bonchev–Trinajstić information content (AvgIpc) is 3.45. The fourth-order valence-corrected chi connectivity index (χ4v) is 11.4. The van der Waals surface area contributed by atoms with Crippen LogP contribution in [0.2, 0.25) is 0 Å². The zero-order valence-electron chi connectivity index (χ0n) is 53.7. The Hall–Kier alpha value is -1.59. The molecule has 0 radical (unpaired) electrons. The van der Waals surface area contributed by atoms with Gasteiger partial charge in [-0.05, 0) is 25.7 Å². The van der Waals surface area contributed by atoms with Gasteiger partial charge in [0.05, 0.1) is 5.41 Å². The lowest BCUT2D eigenvalue weighted by Gasteiger charge is -2.31. The van der Waals surface area contributed by atoms with Gasteiger partial charge in [0.25, 0.3) is 0 Å². The van der Waals surface area contributed by atoms with E-state index in [-0.39, 0.29) is 37.7 Å². The van der Waals surface area contributed by atoms with E-state index >= 15 is 0 Å². The second-order valence-electron chi connectivity index (χ2n) is 25.2. The molecule has 0 rings (SSSR count). The predicted octanol–water partition coefficient (Wildman–Crippen LogP) is 24.5. The van der Waals surface area contributed by atoms with Gasteiger partial charge in [-0.3, -0.25) is 14.4 Å². The van der Waals surface area contributed by atoms with Crippen molar-refractivity contribution in [1.29, 1.82) is 0 Å². The van der Waals surface area contributed by atoms with Crippen molar-refractivity contribution in [2.75, 3.05) is 19.8 Å². The number of hydrogen-bond donors (Lipinski definition) is 0. The van der Waals surface area contributed by atoms with Crippen molar-refractivity contribution in [1.82, 2.24) is 0 Å². The van der Waals surface area contributed by atoms with E-state index in [1.54, 1.807) is 0 Å². The van der Waals surface area contributed by atoms with Crippen molar-refractivity contribution in [3.05, 3.63) is 0 Å². The number of hydrogen-bond acceptors (Lipinski definition) is 6. The Labute approximate surface area is 488 Å². The number of rotatable bonds is 67. The first-order valence-electron chi connectivity index (χ1n) is 35.9. The van der Waals surface area contributed by atoms with Crippen LogP contribution in [-0.4, -0.2) is 37.7 Å².